The van der Waals surface area contributed by atoms with E-state index in [1.165, 1.54) is 18.2 Å². The van der Waals surface area contributed by atoms with Crippen LogP contribution in [0.25, 0.3) is 0 Å². The van der Waals surface area contributed by atoms with Crippen molar-refractivity contribution in [1.82, 2.24) is 10.2 Å². The van der Waals surface area contributed by atoms with Gasteiger partial charge in [-0.05, 0) is 25.1 Å². The van der Waals surface area contributed by atoms with Crippen molar-refractivity contribution in [3.63, 3.8) is 0 Å². The molecule has 0 saturated heterocycles. The maximum atomic E-state index is 13.8. The lowest BCUT2D eigenvalue weighted by Crippen LogP contribution is -2.42. The van der Waals surface area contributed by atoms with E-state index in [0.29, 0.717) is 22.5 Å². The van der Waals surface area contributed by atoms with E-state index in [0.717, 1.165) is 0 Å². The Bertz CT molecular complexity index is 955. The van der Waals surface area contributed by atoms with Gasteiger partial charge in [0.2, 0.25) is 17.7 Å². The minimum atomic E-state index is -1.57. The lowest BCUT2D eigenvalue weighted by atomic mass is 9.69. The van der Waals surface area contributed by atoms with Crippen LogP contribution in [0.1, 0.15) is 16.8 Å². The Morgan fingerprint density at radius 1 is 1.48 bits per heavy atom. The van der Waals surface area contributed by atoms with Gasteiger partial charge in [-0.3, -0.25) is 9.89 Å². The average Bonchev–Trinajstić information content (AvgIpc) is 3.00. The summed E-state index contributed by atoms with van der Waals surface area (Å²) in [6, 6.07) is 5.85. The molecule has 0 radical (unpaired) electrons. The maximum absolute atomic E-state index is 13.8. The molecule has 8 heteroatoms. The molecule has 0 fully saturated rings. The molecule has 2 aliphatic heterocycles. The average molecular weight is 311 g/mol. The summed E-state index contributed by atoms with van der Waals surface area (Å²) in [6.45, 7) is 1.69. The summed E-state index contributed by atoms with van der Waals surface area (Å²) in [5.41, 5.74) is 5.82. The van der Waals surface area contributed by atoms with Crippen molar-refractivity contribution in [1.29, 1.82) is 5.26 Å². The Hall–Kier alpha value is -3.34. The van der Waals surface area contributed by atoms with Gasteiger partial charge in [0.1, 0.15) is 22.9 Å². The zero-order valence-electron chi connectivity index (χ0n) is 11.9. The second-order valence-electron chi connectivity index (χ2n) is 5.38. The predicted octanol–water partition coefficient (Wildman–Crippen LogP) is 1.18. The van der Waals surface area contributed by atoms with E-state index >= 15 is 0 Å². The Kier molecular flexibility index (Phi) is 2.38. The summed E-state index contributed by atoms with van der Waals surface area (Å²) in [5.74, 6) is -1.14. The Balaban J connectivity index is 2.19. The van der Waals surface area contributed by atoms with Gasteiger partial charge in [0, 0.05) is 16.9 Å². The van der Waals surface area contributed by atoms with Gasteiger partial charge in [0.05, 0.1) is 5.56 Å². The number of hydrogen-bond acceptors (Lipinski definition) is 5. The number of ether oxygens (including phenoxy) is 1. The maximum Gasteiger partial charge on any atom is 0.245 e. The van der Waals surface area contributed by atoms with Gasteiger partial charge in [0.25, 0.3) is 0 Å². The number of nitrogens with one attached hydrogen (secondary N) is 2. The lowest BCUT2D eigenvalue weighted by Gasteiger charge is -2.31. The van der Waals surface area contributed by atoms with E-state index in [4.69, 9.17) is 10.5 Å². The minimum Gasteiger partial charge on any atom is -0.420 e. The van der Waals surface area contributed by atoms with E-state index in [2.05, 4.69) is 15.5 Å². The first-order valence-corrected chi connectivity index (χ1v) is 6.75. The van der Waals surface area contributed by atoms with Crippen LogP contribution in [0.2, 0.25) is 0 Å². The molecule has 0 saturated carbocycles. The van der Waals surface area contributed by atoms with Gasteiger partial charge in [-0.1, -0.05) is 0 Å². The van der Waals surface area contributed by atoms with Crippen LogP contribution < -0.4 is 15.8 Å². The number of anilines is 1. The molecule has 23 heavy (non-hydrogen) atoms. The highest BCUT2D eigenvalue weighted by Crippen LogP contribution is 2.53. The van der Waals surface area contributed by atoms with Crippen LogP contribution in [0.15, 0.2) is 29.7 Å². The third-order valence-electron chi connectivity index (χ3n) is 4.20. The highest BCUT2D eigenvalue weighted by molar-refractivity contribution is 6.12. The quantitative estimate of drug-likeness (QED) is 0.675. The van der Waals surface area contributed by atoms with Gasteiger partial charge in [-0.2, -0.15) is 5.26 Å². The first-order valence-electron chi connectivity index (χ1n) is 6.75. The number of rotatable bonds is 0. The van der Waals surface area contributed by atoms with Gasteiger partial charge in [-0.15, -0.1) is 5.10 Å². The summed E-state index contributed by atoms with van der Waals surface area (Å²) in [6.07, 6.45) is 0. The summed E-state index contributed by atoms with van der Waals surface area (Å²) in [5, 5.41) is 19.0. The number of aromatic nitrogens is 2. The fourth-order valence-electron chi connectivity index (χ4n) is 3.30. The second kappa shape index (κ2) is 4.10. The highest BCUT2D eigenvalue weighted by atomic mass is 19.1. The predicted molar refractivity (Wildman–Crippen MR) is 76.6 cm³/mol. The number of aryl methyl sites for hydroxylation is 1. The number of nitriles is 1. The molecule has 1 spiro atoms. The smallest absolute Gasteiger partial charge is 0.245 e. The molecule has 1 aromatic heterocycles. The molecule has 1 atom stereocenters. The number of amides is 1. The van der Waals surface area contributed by atoms with Crippen LogP contribution in [-0.2, 0) is 10.2 Å². The molecule has 4 rings (SSSR count). The minimum absolute atomic E-state index is 0.0867. The number of hydrogen-bond donors (Lipinski definition) is 3. The van der Waals surface area contributed by atoms with Crippen molar-refractivity contribution in [2.75, 3.05) is 5.32 Å². The summed E-state index contributed by atoms with van der Waals surface area (Å²) >= 11 is 0. The number of nitrogens with two attached hydrogens (primary N) is 1. The number of fused-ring (bicyclic) bond motifs is 4. The zero-order valence-corrected chi connectivity index (χ0v) is 11.9. The molecular formula is C15H10FN5O2. The largest absolute Gasteiger partial charge is 0.420 e. The SMILES string of the molecule is Cc1[nH]nc2c1C1(C(=O)Nc3ccc(F)cc31)C(C#N)=C(N)O2. The van der Waals surface area contributed by atoms with Crippen LogP contribution in [0, 0.1) is 24.1 Å². The van der Waals surface area contributed by atoms with E-state index in [-0.39, 0.29) is 17.3 Å². The van der Waals surface area contributed by atoms with Gasteiger partial charge >= 0.3 is 0 Å². The van der Waals surface area contributed by atoms with Crippen molar-refractivity contribution in [2.24, 2.45) is 5.73 Å². The van der Waals surface area contributed by atoms with Crippen molar-refractivity contribution in [3.8, 4) is 11.9 Å². The van der Waals surface area contributed by atoms with Crippen molar-refractivity contribution in [3.05, 3.63) is 52.3 Å². The molecule has 2 aliphatic rings. The number of benzene rings is 1. The summed E-state index contributed by atoms with van der Waals surface area (Å²) < 4.78 is 19.2. The molecule has 1 aromatic carbocycles. The number of halogens is 1. The number of carbonyl (C=O) groups excluding carboxylic acids is 1. The van der Waals surface area contributed by atoms with E-state index in [1.807, 2.05) is 6.07 Å². The molecule has 1 amide bonds. The Labute approximate surface area is 129 Å². The van der Waals surface area contributed by atoms with Crippen LogP contribution in [0.5, 0.6) is 5.88 Å². The number of aromatic amines is 1. The number of carbonyl (C=O) groups is 1. The normalized spacial score (nSPS) is 21.5. The zero-order chi connectivity index (χ0) is 16.4. The monoisotopic (exact) mass is 311 g/mol. The van der Waals surface area contributed by atoms with Crippen molar-refractivity contribution in [2.45, 2.75) is 12.3 Å². The van der Waals surface area contributed by atoms with E-state index in [1.54, 1.807) is 6.92 Å². The Morgan fingerprint density at radius 2 is 2.26 bits per heavy atom. The molecular weight excluding hydrogens is 301 g/mol. The molecule has 0 aliphatic carbocycles. The molecule has 4 N–H and O–H groups in total. The standard InChI is InChI=1S/C15H10FN5O2/c1-6-11-13(21-20-6)23-12(18)9(5-17)15(11)8-4-7(16)2-3-10(8)19-14(15)22/h2-4H,18H2,1H3,(H,19,22)(H,20,21). The van der Waals surface area contributed by atoms with Crippen molar-refractivity contribution < 1.29 is 13.9 Å². The summed E-state index contributed by atoms with van der Waals surface area (Å²) in [4.78, 5) is 12.9. The highest BCUT2D eigenvalue weighted by Gasteiger charge is 2.58. The van der Waals surface area contributed by atoms with Crippen LogP contribution in [-0.4, -0.2) is 16.1 Å². The van der Waals surface area contributed by atoms with Gasteiger partial charge in [0.15, 0.2) is 0 Å². The van der Waals surface area contributed by atoms with E-state index < -0.39 is 17.1 Å². The van der Waals surface area contributed by atoms with Gasteiger partial charge < -0.3 is 15.8 Å². The third-order valence-corrected chi connectivity index (χ3v) is 4.20. The third kappa shape index (κ3) is 1.41. The molecule has 3 heterocycles. The fraction of sp³-hybridized carbons (Fsp3) is 0.133. The molecule has 0 bridgehead atoms. The first kappa shape index (κ1) is 13.3. The molecule has 7 nitrogen and oxygen atoms in total. The van der Waals surface area contributed by atoms with E-state index in [9.17, 15) is 14.4 Å². The second-order valence-corrected chi connectivity index (χ2v) is 5.38. The van der Waals surface area contributed by atoms with Crippen LogP contribution >= 0.6 is 0 Å². The molecule has 114 valence electrons. The van der Waals surface area contributed by atoms with Crippen molar-refractivity contribution >= 4 is 11.6 Å². The topological polar surface area (TPSA) is 117 Å². The lowest BCUT2D eigenvalue weighted by molar-refractivity contribution is -0.118. The van der Waals surface area contributed by atoms with Crippen LogP contribution in [0.4, 0.5) is 10.1 Å². The molecule has 2 aromatic rings. The first-order chi connectivity index (χ1) is 11.0. The molecule has 1 unspecified atom stereocenters. The van der Waals surface area contributed by atoms with Crippen LogP contribution in [0.3, 0.4) is 0 Å². The summed E-state index contributed by atoms with van der Waals surface area (Å²) in [7, 11) is 0. The number of nitrogens with zero attached hydrogens (tertiary/aromatic N) is 2. The van der Waals surface area contributed by atoms with Gasteiger partial charge in [-0.25, -0.2) is 4.39 Å². The Morgan fingerprint density at radius 3 is 3.00 bits per heavy atom. The fourth-order valence-corrected chi connectivity index (χ4v) is 3.30. The number of H-pyrrole nitrogens is 1.